The molecule has 2 N–H and O–H groups in total. The first-order valence-corrected chi connectivity index (χ1v) is 17.5. The van der Waals surface area contributed by atoms with Crippen molar-refractivity contribution in [2.75, 3.05) is 74.5 Å². The predicted molar refractivity (Wildman–Crippen MR) is 200 cm³/mol. The minimum Gasteiger partial charge on any atom is -0.493 e. The molecule has 1 aromatic heterocycles. The van der Waals surface area contributed by atoms with Crippen molar-refractivity contribution in [2.24, 2.45) is 0 Å². The number of hydrogen-bond acceptors (Lipinski definition) is 11. The van der Waals surface area contributed by atoms with E-state index in [0.29, 0.717) is 45.6 Å². The number of morpholine rings is 1. The van der Waals surface area contributed by atoms with Crippen molar-refractivity contribution >= 4 is 0 Å². The smallest absolute Gasteiger partial charge is 0.161 e. The first-order chi connectivity index (χ1) is 25.9. The van der Waals surface area contributed by atoms with E-state index in [0.717, 1.165) is 62.0 Å². The van der Waals surface area contributed by atoms with Crippen LogP contribution in [0, 0.1) is 0 Å². The van der Waals surface area contributed by atoms with Crippen LogP contribution in [0.5, 0.6) is 34.5 Å². The Hall–Kier alpha value is -5.27. The Morgan fingerprint density at radius 2 is 1.11 bits per heavy atom. The number of imidazole rings is 1. The number of benzene rings is 4. The van der Waals surface area contributed by atoms with Gasteiger partial charge in [-0.1, -0.05) is 12.1 Å². The highest BCUT2D eigenvalue weighted by atomic mass is 16.5. The van der Waals surface area contributed by atoms with Gasteiger partial charge in [0.2, 0.25) is 0 Å². The highest BCUT2D eigenvalue weighted by Crippen LogP contribution is 2.33. The molecule has 280 valence electrons. The molecule has 6 rings (SSSR count). The Morgan fingerprint density at radius 1 is 0.623 bits per heavy atom. The Kier molecular flexibility index (Phi) is 12.7. The summed E-state index contributed by atoms with van der Waals surface area (Å²) in [7, 11) is 6.27. The molecule has 4 aromatic carbocycles. The minimum atomic E-state index is -0.851. The summed E-state index contributed by atoms with van der Waals surface area (Å²) in [5, 5.41) is 21.6. The van der Waals surface area contributed by atoms with E-state index in [2.05, 4.69) is 15.7 Å². The average Bonchev–Trinajstić information content (AvgIpc) is 3.65. The van der Waals surface area contributed by atoms with Crippen molar-refractivity contribution in [2.45, 2.75) is 18.8 Å². The van der Waals surface area contributed by atoms with Gasteiger partial charge in [0.05, 0.1) is 47.3 Å². The fourth-order valence-corrected chi connectivity index (χ4v) is 6.11. The van der Waals surface area contributed by atoms with Crippen LogP contribution in [0.4, 0.5) is 0 Å². The Balaban J connectivity index is 1.13. The summed E-state index contributed by atoms with van der Waals surface area (Å²) in [5.41, 5.74) is 4.04. The van der Waals surface area contributed by atoms with Crippen LogP contribution in [0.25, 0.3) is 22.6 Å². The van der Waals surface area contributed by atoms with E-state index < -0.39 is 12.2 Å². The van der Waals surface area contributed by atoms with Crippen molar-refractivity contribution in [3.8, 4) is 57.1 Å². The Labute approximate surface area is 310 Å². The third-order valence-electron chi connectivity index (χ3n) is 9.20. The zero-order valence-electron chi connectivity index (χ0n) is 30.6. The van der Waals surface area contributed by atoms with Crippen molar-refractivity contribution in [1.29, 1.82) is 0 Å². The summed E-state index contributed by atoms with van der Waals surface area (Å²) >= 11 is 0. The number of methoxy groups -OCH3 is 4. The molecule has 0 radical (unpaired) electrons. The summed E-state index contributed by atoms with van der Waals surface area (Å²) in [4.78, 5) is 7.48. The van der Waals surface area contributed by atoms with Gasteiger partial charge >= 0.3 is 0 Å². The zero-order chi connectivity index (χ0) is 37.2. The molecule has 2 unspecified atom stereocenters. The normalized spacial score (nSPS) is 14.3. The third kappa shape index (κ3) is 9.40. The lowest BCUT2D eigenvalue weighted by atomic mass is 10.1. The number of nitrogens with zero attached hydrogens (tertiary/aromatic N) is 3. The molecule has 0 bridgehead atoms. The van der Waals surface area contributed by atoms with Gasteiger partial charge in [0.25, 0.3) is 0 Å². The molecule has 2 atom stereocenters. The molecule has 1 saturated heterocycles. The molecule has 0 aliphatic carbocycles. The number of hydrogen-bond donors (Lipinski definition) is 2. The summed E-state index contributed by atoms with van der Waals surface area (Å²) in [6.45, 7) is 5.06. The van der Waals surface area contributed by atoms with Gasteiger partial charge in [-0.05, 0) is 83.9 Å². The molecular weight excluding hydrogens is 678 g/mol. The van der Waals surface area contributed by atoms with Crippen molar-refractivity contribution in [1.82, 2.24) is 14.5 Å². The van der Waals surface area contributed by atoms with E-state index in [1.807, 2.05) is 48.5 Å². The zero-order valence-corrected chi connectivity index (χ0v) is 30.6. The maximum Gasteiger partial charge on any atom is 0.161 e. The molecule has 1 fully saturated rings. The van der Waals surface area contributed by atoms with Gasteiger partial charge in [-0.25, -0.2) is 4.98 Å². The lowest BCUT2D eigenvalue weighted by molar-refractivity contribution is 0.0364. The fourth-order valence-electron chi connectivity index (χ4n) is 6.11. The minimum absolute atomic E-state index is 0.0715. The fraction of sp³-hybridized carbons (Fsp3) is 0.341. The van der Waals surface area contributed by atoms with Crippen LogP contribution < -0.4 is 28.4 Å². The molecule has 1 aliphatic heterocycles. The Morgan fingerprint density at radius 3 is 1.60 bits per heavy atom. The Bertz CT molecular complexity index is 1910. The molecule has 1 aliphatic rings. The van der Waals surface area contributed by atoms with E-state index in [4.69, 9.17) is 38.1 Å². The molecule has 5 aromatic rings. The van der Waals surface area contributed by atoms with Gasteiger partial charge in [-0.15, -0.1) is 0 Å². The van der Waals surface area contributed by atoms with Crippen LogP contribution >= 0.6 is 0 Å². The first-order valence-electron chi connectivity index (χ1n) is 17.5. The van der Waals surface area contributed by atoms with Crippen molar-refractivity contribution in [3.63, 3.8) is 0 Å². The molecule has 12 nitrogen and oxygen atoms in total. The van der Waals surface area contributed by atoms with E-state index in [1.165, 1.54) is 0 Å². The number of ether oxygens (including phenoxy) is 7. The lowest BCUT2D eigenvalue weighted by Gasteiger charge is -2.26. The molecule has 0 spiro atoms. The number of aliphatic hydroxyl groups excluding tert-OH is 2. The van der Waals surface area contributed by atoms with Crippen LogP contribution in [-0.4, -0.2) is 99.2 Å². The van der Waals surface area contributed by atoms with Crippen LogP contribution in [0.1, 0.15) is 23.3 Å². The van der Waals surface area contributed by atoms with Gasteiger partial charge in [0, 0.05) is 43.5 Å². The third-order valence-corrected chi connectivity index (χ3v) is 9.20. The van der Waals surface area contributed by atoms with Gasteiger partial charge in [0.1, 0.15) is 42.7 Å². The number of aliphatic hydroxyl groups is 2. The van der Waals surface area contributed by atoms with E-state index >= 15 is 0 Å². The van der Waals surface area contributed by atoms with Crippen molar-refractivity contribution < 1.29 is 43.4 Å². The van der Waals surface area contributed by atoms with Crippen molar-refractivity contribution in [3.05, 3.63) is 102 Å². The molecule has 12 heteroatoms. The van der Waals surface area contributed by atoms with Gasteiger partial charge in [-0.3, -0.25) is 4.90 Å². The maximum absolute atomic E-state index is 10.8. The molecule has 0 saturated carbocycles. The number of aromatic nitrogens is 2. The lowest BCUT2D eigenvalue weighted by Crippen LogP contribution is -2.38. The summed E-state index contributed by atoms with van der Waals surface area (Å²) in [5.74, 6) is 4.38. The van der Waals surface area contributed by atoms with Crippen LogP contribution in [0.3, 0.4) is 0 Å². The maximum atomic E-state index is 10.8. The SMILES string of the molecule is COc1ccc(C(O)COc2ccc(-c3cn(CCN4CCOCC4)c(-c4ccc(OCC(O)c5ccc(OC)c(OC)c5)cc4)n3)cc2)cc1OC. The van der Waals surface area contributed by atoms with Crippen LogP contribution in [-0.2, 0) is 11.3 Å². The quantitative estimate of drug-likeness (QED) is 0.121. The van der Waals surface area contributed by atoms with E-state index in [-0.39, 0.29) is 13.2 Å². The standard InChI is InChI=1S/C41H47N3O9/c1-47-37-15-9-30(23-39(37)49-3)35(45)26-52-32-11-5-28(6-12-32)34-25-44(18-17-43-19-21-51-22-20-43)41(42-34)29-7-13-33(14-8-29)53-27-36(46)31-10-16-38(48-2)40(24-31)50-4/h5-16,23-25,35-36,45-46H,17-22,26-27H2,1-4H3. The predicted octanol–water partition coefficient (Wildman–Crippen LogP) is 5.81. The summed E-state index contributed by atoms with van der Waals surface area (Å²) in [6.07, 6.45) is 0.380. The van der Waals surface area contributed by atoms with Crippen LogP contribution in [0.2, 0.25) is 0 Å². The second-order valence-corrected chi connectivity index (χ2v) is 12.5. The van der Waals surface area contributed by atoms with Gasteiger partial charge < -0.3 is 47.9 Å². The topological polar surface area (TPSA) is 126 Å². The molecule has 2 heterocycles. The van der Waals surface area contributed by atoms with Gasteiger partial charge in [-0.2, -0.15) is 0 Å². The largest absolute Gasteiger partial charge is 0.493 e. The average molecular weight is 726 g/mol. The molecule has 53 heavy (non-hydrogen) atoms. The van der Waals surface area contributed by atoms with Crippen LogP contribution in [0.15, 0.2) is 91.1 Å². The second-order valence-electron chi connectivity index (χ2n) is 12.5. The van der Waals surface area contributed by atoms with E-state index in [1.54, 1.807) is 64.8 Å². The summed E-state index contributed by atoms with van der Waals surface area (Å²) in [6, 6.07) is 26.0. The highest BCUT2D eigenvalue weighted by Gasteiger charge is 2.17. The first kappa shape index (κ1) is 37.5. The molecular formula is C41H47N3O9. The summed E-state index contributed by atoms with van der Waals surface area (Å²) < 4.78 is 41.0. The highest BCUT2D eigenvalue weighted by molar-refractivity contribution is 5.66. The van der Waals surface area contributed by atoms with E-state index in [9.17, 15) is 10.2 Å². The molecule has 0 amide bonds. The second kappa shape index (κ2) is 18.0. The van der Waals surface area contributed by atoms with Gasteiger partial charge in [0.15, 0.2) is 23.0 Å². The number of rotatable bonds is 17. The monoisotopic (exact) mass is 725 g/mol.